The van der Waals surface area contributed by atoms with Gasteiger partial charge in [-0.2, -0.15) is 0 Å². The summed E-state index contributed by atoms with van der Waals surface area (Å²) >= 11 is 3.06. The van der Waals surface area contributed by atoms with E-state index in [1.807, 2.05) is 45.7 Å². The van der Waals surface area contributed by atoms with Crippen molar-refractivity contribution >= 4 is 32.3 Å². The van der Waals surface area contributed by atoms with Crippen LogP contribution >= 0.6 is 22.9 Å². The van der Waals surface area contributed by atoms with Crippen LogP contribution in [0, 0.1) is 0 Å². The Hall–Kier alpha value is -1.39. The molecule has 0 spiro atoms. The van der Waals surface area contributed by atoms with Crippen molar-refractivity contribution in [1.29, 1.82) is 0 Å². The minimum absolute atomic E-state index is 0.138. The lowest BCUT2D eigenvalue weighted by atomic mass is 10.2. The number of thiophene rings is 1. The van der Waals surface area contributed by atoms with Gasteiger partial charge in [0.15, 0.2) is 0 Å². The summed E-state index contributed by atoms with van der Waals surface area (Å²) in [7, 11) is 0. The Morgan fingerprint density at radius 3 is 2.69 bits per heavy atom. The third-order valence-corrected chi connectivity index (χ3v) is 4.51. The zero-order chi connectivity index (χ0) is 11.0. The highest BCUT2D eigenvalue weighted by molar-refractivity contribution is 7.24. The molecule has 0 bridgehead atoms. The normalized spacial score (nSPS) is 11.0. The highest BCUT2D eigenvalue weighted by Gasteiger charge is 2.08. The van der Waals surface area contributed by atoms with E-state index < -0.39 is 0 Å². The van der Waals surface area contributed by atoms with Gasteiger partial charge in [0.05, 0.1) is 11.2 Å². The molecule has 0 N–H and O–H groups in total. The van der Waals surface area contributed by atoms with Gasteiger partial charge >= 0.3 is 0 Å². The molecule has 80 valence electrons. The third kappa shape index (κ3) is 1.60. The summed E-state index contributed by atoms with van der Waals surface area (Å²) in [5, 5.41) is 1.97. The molecule has 3 aromatic rings. The molecule has 3 rings (SSSR count). The van der Waals surface area contributed by atoms with Gasteiger partial charge in [0, 0.05) is 0 Å². The number of hydrogen-bond donors (Lipinski definition) is 0. The molecule has 0 atom stereocenters. The van der Waals surface area contributed by atoms with E-state index in [9.17, 15) is 4.79 Å². The standard InChI is InChI=1S/C12H9NOS2/c14-12-11-10(6-7-15-11)16-13(12)8-9-4-2-1-3-5-9/h1-7H,8H2. The van der Waals surface area contributed by atoms with Crippen LogP contribution in [0.3, 0.4) is 0 Å². The van der Waals surface area contributed by atoms with E-state index in [4.69, 9.17) is 0 Å². The van der Waals surface area contributed by atoms with E-state index >= 15 is 0 Å². The predicted molar refractivity (Wildman–Crippen MR) is 69.5 cm³/mol. The van der Waals surface area contributed by atoms with E-state index in [1.54, 1.807) is 0 Å². The smallest absolute Gasteiger partial charge is 0.267 e. The number of nitrogens with zero attached hydrogens (tertiary/aromatic N) is 1. The Labute approximate surface area is 101 Å². The molecule has 0 aliphatic rings. The van der Waals surface area contributed by atoms with Crippen LogP contribution in [-0.4, -0.2) is 3.96 Å². The molecule has 2 heterocycles. The van der Waals surface area contributed by atoms with Crippen LogP contribution in [0.5, 0.6) is 0 Å². The van der Waals surface area contributed by atoms with Crippen molar-refractivity contribution in [3.05, 3.63) is 57.7 Å². The summed E-state index contributed by atoms with van der Waals surface area (Å²) in [5.74, 6) is 0. The van der Waals surface area contributed by atoms with Crippen molar-refractivity contribution in [2.75, 3.05) is 0 Å². The Bertz CT molecular complexity index is 663. The largest absolute Gasteiger partial charge is 0.278 e. The fraction of sp³-hybridized carbons (Fsp3) is 0.0833. The molecular formula is C12H9NOS2. The Morgan fingerprint density at radius 1 is 1.12 bits per heavy atom. The second-order valence-corrected chi connectivity index (χ2v) is 5.51. The van der Waals surface area contributed by atoms with E-state index in [1.165, 1.54) is 28.4 Å². The van der Waals surface area contributed by atoms with Crippen LogP contribution < -0.4 is 5.56 Å². The number of aromatic nitrogens is 1. The first-order valence-electron chi connectivity index (χ1n) is 4.96. The van der Waals surface area contributed by atoms with Crippen molar-refractivity contribution in [3.63, 3.8) is 0 Å². The fourth-order valence-electron chi connectivity index (χ4n) is 1.65. The lowest BCUT2D eigenvalue weighted by Crippen LogP contribution is -2.12. The van der Waals surface area contributed by atoms with E-state index in [0.717, 1.165) is 9.40 Å². The van der Waals surface area contributed by atoms with Gasteiger partial charge in [-0.15, -0.1) is 11.3 Å². The first kappa shape index (κ1) is 9.81. The third-order valence-electron chi connectivity index (χ3n) is 2.43. The Kier molecular flexibility index (Phi) is 2.38. The Morgan fingerprint density at radius 2 is 1.94 bits per heavy atom. The second-order valence-electron chi connectivity index (χ2n) is 3.53. The van der Waals surface area contributed by atoms with Crippen LogP contribution in [0.1, 0.15) is 5.56 Å². The van der Waals surface area contributed by atoms with Gasteiger partial charge in [-0.1, -0.05) is 41.9 Å². The first-order chi connectivity index (χ1) is 7.84. The number of benzene rings is 1. The minimum Gasteiger partial charge on any atom is -0.267 e. The summed E-state index contributed by atoms with van der Waals surface area (Å²) in [6, 6.07) is 12.1. The quantitative estimate of drug-likeness (QED) is 0.681. The highest BCUT2D eigenvalue weighted by atomic mass is 32.1. The SMILES string of the molecule is O=c1c2sccc2sn1Cc1ccccc1. The van der Waals surface area contributed by atoms with Crippen molar-refractivity contribution in [1.82, 2.24) is 3.96 Å². The molecule has 0 aliphatic carbocycles. The summed E-state index contributed by atoms with van der Waals surface area (Å²) in [4.78, 5) is 12.0. The number of hydrogen-bond acceptors (Lipinski definition) is 3. The highest BCUT2D eigenvalue weighted by Crippen LogP contribution is 2.22. The summed E-state index contributed by atoms with van der Waals surface area (Å²) in [5.41, 5.74) is 1.30. The van der Waals surface area contributed by atoms with Gasteiger partial charge in [0.25, 0.3) is 5.56 Å². The maximum atomic E-state index is 12.0. The topological polar surface area (TPSA) is 22.0 Å². The molecule has 0 amide bonds. The number of rotatable bonds is 2. The van der Waals surface area contributed by atoms with Crippen LogP contribution in [0.2, 0.25) is 0 Å². The van der Waals surface area contributed by atoms with Gasteiger partial charge in [-0.25, -0.2) is 0 Å². The van der Waals surface area contributed by atoms with E-state index in [0.29, 0.717) is 6.54 Å². The number of fused-ring (bicyclic) bond motifs is 1. The molecule has 0 saturated heterocycles. The molecule has 0 radical (unpaired) electrons. The average Bonchev–Trinajstić information content (AvgIpc) is 2.86. The maximum Gasteiger partial charge on any atom is 0.278 e. The van der Waals surface area contributed by atoms with Gasteiger partial charge in [-0.05, 0) is 17.0 Å². The summed E-state index contributed by atoms with van der Waals surface area (Å²) in [6.07, 6.45) is 0. The monoisotopic (exact) mass is 247 g/mol. The average molecular weight is 247 g/mol. The molecule has 0 aliphatic heterocycles. The maximum absolute atomic E-state index is 12.0. The van der Waals surface area contributed by atoms with Gasteiger partial charge < -0.3 is 0 Å². The van der Waals surface area contributed by atoms with Crippen molar-refractivity contribution < 1.29 is 0 Å². The fourth-order valence-corrected chi connectivity index (χ4v) is 3.71. The lowest BCUT2D eigenvalue weighted by molar-refractivity contribution is 0.855. The van der Waals surface area contributed by atoms with Crippen LogP contribution in [0.25, 0.3) is 9.40 Å². The molecular weight excluding hydrogens is 238 g/mol. The summed E-state index contributed by atoms with van der Waals surface area (Å²) in [6.45, 7) is 0.672. The molecule has 0 saturated carbocycles. The van der Waals surface area contributed by atoms with Gasteiger partial charge in [-0.3, -0.25) is 8.75 Å². The van der Waals surface area contributed by atoms with Gasteiger partial charge in [0.2, 0.25) is 0 Å². The molecule has 2 aromatic heterocycles. The molecule has 1 aromatic carbocycles. The molecule has 4 heteroatoms. The minimum atomic E-state index is 0.138. The van der Waals surface area contributed by atoms with Crippen LogP contribution in [-0.2, 0) is 6.54 Å². The lowest BCUT2D eigenvalue weighted by Gasteiger charge is -1.99. The van der Waals surface area contributed by atoms with E-state index in [-0.39, 0.29) is 5.56 Å². The van der Waals surface area contributed by atoms with Crippen molar-refractivity contribution in [2.24, 2.45) is 0 Å². The second kappa shape index (κ2) is 3.88. The zero-order valence-electron chi connectivity index (χ0n) is 8.42. The van der Waals surface area contributed by atoms with Crippen LogP contribution in [0.15, 0.2) is 46.6 Å². The van der Waals surface area contributed by atoms with E-state index in [2.05, 4.69) is 0 Å². The zero-order valence-corrected chi connectivity index (χ0v) is 10.1. The summed E-state index contributed by atoms with van der Waals surface area (Å²) < 4.78 is 3.78. The van der Waals surface area contributed by atoms with Gasteiger partial charge in [0.1, 0.15) is 4.70 Å². The van der Waals surface area contributed by atoms with Crippen molar-refractivity contribution in [2.45, 2.75) is 6.54 Å². The first-order valence-corrected chi connectivity index (χ1v) is 6.61. The molecule has 0 fully saturated rings. The Balaban J connectivity index is 2.04. The predicted octanol–water partition coefficient (Wildman–Crippen LogP) is 3.17. The van der Waals surface area contributed by atoms with Crippen LogP contribution in [0.4, 0.5) is 0 Å². The van der Waals surface area contributed by atoms with Crippen molar-refractivity contribution in [3.8, 4) is 0 Å². The molecule has 2 nitrogen and oxygen atoms in total. The molecule has 0 unspecified atom stereocenters. The molecule has 16 heavy (non-hydrogen) atoms.